The molecule has 0 unspecified atom stereocenters. The Morgan fingerprint density at radius 2 is 1.67 bits per heavy atom. The largest absolute Gasteiger partial charge is 0.481 e. The van der Waals surface area contributed by atoms with Gasteiger partial charge in [0.2, 0.25) is 0 Å². The van der Waals surface area contributed by atoms with Gasteiger partial charge in [-0.25, -0.2) is 12.4 Å². The van der Waals surface area contributed by atoms with Crippen molar-refractivity contribution in [1.29, 1.82) is 0 Å². The average molecular weight is 343 g/mol. The smallest absolute Gasteiger partial charge is 0.307 e. The van der Waals surface area contributed by atoms with Gasteiger partial charge in [-0.05, 0) is 18.2 Å². The summed E-state index contributed by atoms with van der Waals surface area (Å²) in [5.41, 5.74) is 0.301. The molecule has 0 aliphatic rings. The van der Waals surface area contributed by atoms with E-state index in [1.54, 1.807) is 42.5 Å². The third-order valence-electron chi connectivity index (χ3n) is 3.70. The van der Waals surface area contributed by atoms with Crippen LogP contribution in [0.2, 0.25) is 0 Å². The minimum absolute atomic E-state index is 0.0238. The van der Waals surface area contributed by atoms with E-state index >= 15 is 0 Å². The van der Waals surface area contributed by atoms with Crippen LogP contribution in [0.4, 0.5) is 0 Å². The van der Waals surface area contributed by atoms with Crippen LogP contribution < -0.4 is 0 Å². The number of aliphatic carboxylic acids is 1. The maximum absolute atomic E-state index is 13.0. The summed E-state index contributed by atoms with van der Waals surface area (Å²) in [4.78, 5) is 22.8. The van der Waals surface area contributed by atoms with Gasteiger partial charge in [-0.2, -0.15) is 0 Å². The summed E-state index contributed by atoms with van der Waals surface area (Å²) in [5, 5.41) is 9.53. The number of nitrogens with zero attached hydrogens (tertiary/aromatic N) is 1. The topological polar surface area (TPSA) is 93.4 Å². The Labute approximate surface area is 138 Å². The summed E-state index contributed by atoms with van der Waals surface area (Å²) in [6.07, 6.45) is -0.0509. The van der Waals surface area contributed by atoms with Gasteiger partial charge in [-0.3, -0.25) is 9.59 Å². The van der Waals surface area contributed by atoms with E-state index < -0.39 is 22.4 Å². The summed E-state index contributed by atoms with van der Waals surface area (Å²) < 4.78 is 26.9. The van der Waals surface area contributed by atoms with Gasteiger partial charge in [0.15, 0.2) is 6.29 Å². The Hall–Kier alpha value is -2.93. The first-order valence-corrected chi connectivity index (χ1v) is 8.50. The molecule has 3 rings (SSSR count). The molecule has 1 heterocycles. The fourth-order valence-corrected chi connectivity index (χ4v) is 4.25. The highest BCUT2D eigenvalue weighted by Gasteiger charge is 2.27. The fourth-order valence-electron chi connectivity index (χ4n) is 2.71. The van der Waals surface area contributed by atoms with Crippen molar-refractivity contribution < 1.29 is 23.1 Å². The number of carbonyl (C=O) groups excluding carboxylic acids is 1. The van der Waals surface area contributed by atoms with Gasteiger partial charge in [0, 0.05) is 10.9 Å². The van der Waals surface area contributed by atoms with E-state index in [0.29, 0.717) is 11.7 Å². The maximum atomic E-state index is 13.0. The van der Waals surface area contributed by atoms with Gasteiger partial charge >= 0.3 is 5.97 Å². The van der Waals surface area contributed by atoms with Crippen LogP contribution in [-0.4, -0.2) is 29.8 Å². The number of rotatable bonds is 5. The van der Waals surface area contributed by atoms with Crippen molar-refractivity contribution in [2.24, 2.45) is 0 Å². The lowest BCUT2D eigenvalue weighted by Crippen LogP contribution is -2.16. The lowest BCUT2D eigenvalue weighted by molar-refractivity contribution is -0.136. The van der Waals surface area contributed by atoms with Crippen LogP contribution in [0, 0.1) is 0 Å². The van der Waals surface area contributed by atoms with Gasteiger partial charge < -0.3 is 5.11 Å². The van der Waals surface area contributed by atoms with Crippen molar-refractivity contribution in [3.05, 3.63) is 65.9 Å². The van der Waals surface area contributed by atoms with E-state index in [1.807, 2.05) is 0 Å². The Morgan fingerprint density at radius 3 is 2.29 bits per heavy atom. The highest BCUT2D eigenvalue weighted by atomic mass is 32.2. The zero-order chi connectivity index (χ0) is 17.3. The van der Waals surface area contributed by atoms with E-state index in [-0.39, 0.29) is 21.7 Å². The zero-order valence-corrected chi connectivity index (χ0v) is 13.2. The van der Waals surface area contributed by atoms with E-state index in [0.717, 1.165) is 3.97 Å². The molecule has 0 spiro atoms. The number of carbonyl (C=O) groups is 2. The zero-order valence-electron chi connectivity index (χ0n) is 12.4. The van der Waals surface area contributed by atoms with E-state index in [2.05, 4.69) is 0 Å². The molecule has 24 heavy (non-hydrogen) atoms. The van der Waals surface area contributed by atoms with Crippen molar-refractivity contribution in [3.63, 3.8) is 0 Å². The van der Waals surface area contributed by atoms with Crippen LogP contribution in [0.25, 0.3) is 10.9 Å². The van der Waals surface area contributed by atoms with Gasteiger partial charge in [0.05, 0.1) is 16.8 Å². The SMILES string of the molecule is O=Cc1c(CC(=O)O)c2ccccc2n1S(=O)(=O)c1ccccc1. The van der Waals surface area contributed by atoms with Gasteiger partial charge in [0.25, 0.3) is 10.0 Å². The molecule has 0 radical (unpaired) electrons. The molecular weight excluding hydrogens is 330 g/mol. The van der Waals surface area contributed by atoms with Crippen molar-refractivity contribution >= 4 is 33.2 Å². The van der Waals surface area contributed by atoms with Crippen molar-refractivity contribution in [3.8, 4) is 0 Å². The van der Waals surface area contributed by atoms with E-state index in [9.17, 15) is 18.0 Å². The molecular formula is C17H13NO5S. The predicted octanol–water partition coefficient (Wildman–Crippen LogP) is 2.32. The normalized spacial score (nSPS) is 11.5. The van der Waals surface area contributed by atoms with Crippen LogP contribution in [0.5, 0.6) is 0 Å². The van der Waals surface area contributed by atoms with Crippen LogP contribution in [0.1, 0.15) is 16.1 Å². The van der Waals surface area contributed by atoms with Gasteiger partial charge in [0.1, 0.15) is 5.69 Å². The van der Waals surface area contributed by atoms with Crippen molar-refractivity contribution in [1.82, 2.24) is 3.97 Å². The first-order chi connectivity index (χ1) is 11.5. The molecule has 1 aromatic heterocycles. The number of hydrogen-bond acceptors (Lipinski definition) is 4. The standard InChI is InChI=1S/C17H13NO5S/c19-11-16-14(10-17(20)21)13-8-4-5-9-15(13)18(16)24(22,23)12-6-2-1-3-7-12/h1-9,11H,10H2,(H,20,21). The molecule has 2 aromatic carbocycles. The van der Waals surface area contributed by atoms with Crippen LogP contribution in [0.3, 0.4) is 0 Å². The molecule has 0 atom stereocenters. The van der Waals surface area contributed by atoms with Crippen molar-refractivity contribution in [2.75, 3.05) is 0 Å². The molecule has 1 N–H and O–H groups in total. The molecule has 0 fully saturated rings. The van der Waals surface area contributed by atoms with Crippen LogP contribution >= 0.6 is 0 Å². The predicted molar refractivity (Wildman–Crippen MR) is 87.7 cm³/mol. The maximum Gasteiger partial charge on any atom is 0.307 e. The highest BCUT2D eigenvalue weighted by molar-refractivity contribution is 7.90. The Balaban J connectivity index is 2.40. The average Bonchev–Trinajstić information content (AvgIpc) is 2.89. The number of aldehydes is 1. The number of carboxylic acid groups (broad SMARTS) is 1. The number of hydrogen-bond donors (Lipinski definition) is 1. The quantitative estimate of drug-likeness (QED) is 0.718. The molecule has 0 aliphatic heterocycles. The van der Waals surface area contributed by atoms with E-state index in [4.69, 9.17) is 5.11 Å². The minimum atomic E-state index is -4.03. The molecule has 122 valence electrons. The van der Waals surface area contributed by atoms with Crippen molar-refractivity contribution in [2.45, 2.75) is 11.3 Å². The Kier molecular flexibility index (Phi) is 3.94. The lowest BCUT2D eigenvalue weighted by atomic mass is 10.1. The highest BCUT2D eigenvalue weighted by Crippen LogP contribution is 2.29. The Bertz CT molecular complexity index is 1040. The summed E-state index contributed by atoms with van der Waals surface area (Å²) in [6.45, 7) is 0. The second-order valence-corrected chi connectivity index (χ2v) is 6.94. The summed E-state index contributed by atoms with van der Waals surface area (Å²) >= 11 is 0. The minimum Gasteiger partial charge on any atom is -0.481 e. The number of carboxylic acids is 1. The van der Waals surface area contributed by atoms with Gasteiger partial charge in [-0.1, -0.05) is 36.4 Å². The number of benzene rings is 2. The molecule has 3 aromatic rings. The first kappa shape index (κ1) is 15.9. The summed E-state index contributed by atoms with van der Waals surface area (Å²) in [5.74, 6) is -1.14. The molecule has 7 heteroatoms. The number of aromatic nitrogens is 1. The third-order valence-corrected chi connectivity index (χ3v) is 5.44. The second kappa shape index (κ2) is 5.93. The molecule has 0 aliphatic carbocycles. The third kappa shape index (κ3) is 2.48. The lowest BCUT2D eigenvalue weighted by Gasteiger charge is -2.09. The Morgan fingerprint density at radius 1 is 1.04 bits per heavy atom. The molecule has 0 saturated carbocycles. The summed E-state index contributed by atoms with van der Waals surface area (Å²) in [7, 11) is -4.03. The van der Waals surface area contributed by atoms with Gasteiger partial charge in [-0.15, -0.1) is 0 Å². The molecule has 0 amide bonds. The van der Waals surface area contributed by atoms with E-state index in [1.165, 1.54) is 12.1 Å². The first-order valence-electron chi connectivity index (χ1n) is 7.06. The number of fused-ring (bicyclic) bond motifs is 1. The molecule has 0 saturated heterocycles. The van der Waals surface area contributed by atoms with Crippen LogP contribution in [-0.2, 0) is 21.2 Å². The molecule has 6 nitrogen and oxygen atoms in total. The molecule has 0 bridgehead atoms. The summed E-state index contributed by atoms with van der Waals surface area (Å²) in [6, 6.07) is 14.2. The monoisotopic (exact) mass is 343 g/mol. The van der Waals surface area contributed by atoms with Crippen LogP contribution in [0.15, 0.2) is 59.5 Å². The fraction of sp³-hybridized carbons (Fsp3) is 0.0588. The number of para-hydroxylation sites is 1. The second-order valence-electron chi connectivity index (χ2n) is 5.15.